The monoisotopic (exact) mass is 349 g/mol. The van der Waals surface area contributed by atoms with E-state index in [0.29, 0.717) is 31.1 Å². The number of fused-ring (bicyclic) bond motifs is 2. The summed E-state index contributed by atoms with van der Waals surface area (Å²) in [6.45, 7) is 1.36. The number of sulfonamides is 1. The molecule has 6 heteroatoms. The third kappa shape index (κ3) is 2.39. The van der Waals surface area contributed by atoms with Gasteiger partial charge < -0.3 is 4.74 Å². The Labute approximate surface area is 140 Å². The minimum absolute atomic E-state index is 0.269. The lowest BCUT2D eigenvalue weighted by Crippen LogP contribution is -2.34. The van der Waals surface area contributed by atoms with Crippen molar-refractivity contribution in [3.05, 3.63) is 64.7 Å². The number of rotatable bonds is 2. The van der Waals surface area contributed by atoms with Gasteiger partial charge in [-0.1, -0.05) is 35.9 Å². The van der Waals surface area contributed by atoms with Crippen LogP contribution in [0.2, 0.25) is 5.02 Å². The molecule has 0 aliphatic carbocycles. The van der Waals surface area contributed by atoms with Gasteiger partial charge in [0.2, 0.25) is 10.0 Å². The Morgan fingerprint density at radius 1 is 1.09 bits per heavy atom. The second-order valence-electron chi connectivity index (χ2n) is 5.98. The second-order valence-corrected chi connectivity index (χ2v) is 8.36. The maximum absolute atomic E-state index is 12.8. The first-order chi connectivity index (χ1) is 11.0. The summed E-state index contributed by atoms with van der Waals surface area (Å²) in [7, 11) is -3.53. The van der Waals surface area contributed by atoms with Gasteiger partial charge in [0.05, 0.1) is 11.5 Å². The lowest BCUT2D eigenvalue weighted by Gasteiger charge is -2.24. The Balaban J connectivity index is 1.65. The van der Waals surface area contributed by atoms with E-state index in [1.807, 2.05) is 24.3 Å². The average molecular weight is 350 g/mol. The Morgan fingerprint density at radius 2 is 1.83 bits per heavy atom. The van der Waals surface area contributed by atoms with Crippen LogP contribution < -0.4 is 0 Å². The molecule has 2 aromatic carbocycles. The number of hydrogen-bond acceptors (Lipinski definition) is 3. The van der Waals surface area contributed by atoms with Crippen molar-refractivity contribution in [2.45, 2.75) is 23.5 Å². The van der Waals surface area contributed by atoms with Crippen molar-refractivity contribution in [1.29, 1.82) is 0 Å². The van der Waals surface area contributed by atoms with Gasteiger partial charge in [-0.2, -0.15) is 4.31 Å². The highest BCUT2D eigenvalue weighted by Crippen LogP contribution is 2.44. The zero-order valence-corrected chi connectivity index (χ0v) is 14.0. The highest BCUT2D eigenvalue weighted by Gasteiger charge is 2.48. The normalized spacial score (nSPS) is 24.2. The molecule has 4 nitrogen and oxygen atoms in total. The summed E-state index contributed by atoms with van der Waals surface area (Å²) in [4.78, 5) is 0.269. The standard InChI is InChI=1S/C17H16ClNO3S/c18-14-5-7-15(8-6-14)23(20,21)19-10-9-17(12-19)16-4-2-1-3-13(16)11-22-17/h1-8H,9-12H2. The first-order valence-corrected chi connectivity index (χ1v) is 9.31. The van der Waals surface area contributed by atoms with Crippen molar-refractivity contribution in [3.63, 3.8) is 0 Å². The van der Waals surface area contributed by atoms with Crippen LogP contribution in [0.3, 0.4) is 0 Å². The molecule has 0 aromatic heterocycles. The minimum atomic E-state index is -3.53. The van der Waals surface area contributed by atoms with Crippen molar-refractivity contribution in [2.75, 3.05) is 13.1 Å². The van der Waals surface area contributed by atoms with Crippen LogP contribution in [0, 0.1) is 0 Å². The molecule has 1 spiro atoms. The minimum Gasteiger partial charge on any atom is -0.364 e. The van der Waals surface area contributed by atoms with Crippen molar-refractivity contribution in [2.24, 2.45) is 0 Å². The lowest BCUT2D eigenvalue weighted by atomic mass is 9.92. The van der Waals surface area contributed by atoms with Crippen molar-refractivity contribution >= 4 is 21.6 Å². The summed E-state index contributed by atoms with van der Waals surface area (Å²) in [5, 5.41) is 0.523. The van der Waals surface area contributed by atoms with E-state index >= 15 is 0 Å². The molecule has 0 amide bonds. The Morgan fingerprint density at radius 3 is 2.61 bits per heavy atom. The molecule has 0 N–H and O–H groups in total. The zero-order chi connectivity index (χ0) is 16.1. The number of halogens is 1. The molecule has 1 atom stereocenters. The van der Waals surface area contributed by atoms with Crippen LogP contribution in [-0.2, 0) is 27.0 Å². The summed E-state index contributed by atoms with van der Waals surface area (Å²) in [5.41, 5.74) is 1.77. The van der Waals surface area contributed by atoms with Crippen molar-refractivity contribution in [1.82, 2.24) is 4.31 Å². The predicted octanol–water partition coefficient (Wildman–Crippen LogP) is 3.16. The largest absolute Gasteiger partial charge is 0.364 e. The van der Waals surface area contributed by atoms with Gasteiger partial charge in [0.1, 0.15) is 5.60 Å². The summed E-state index contributed by atoms with van der Waals surface area (Å²) in [6, 6.07) is 14.3. The van der Waals surface area contributed by atoms with Gasteiger partial charge in [0.25, 0.3) is 0 Å². The number of hydrogen-bond donors (Lipinski definition) is 0. The van der Waals surface area contributed by atoms with Gasteiger partial charge in [-0.05, 0) is 41.8 Å². The third-order valence-electron chi connectivity index (χ3n) is 4.66. The number of benzene rings is 2. The molecule has 1 unspecified atom stereocenters. The molecule has 1 saturated heterocycles. The van der Waals surface area contributed by atoms with Crippen LogP contribution in [0.5, 0.6) is 0 Å². The van der Waals surface area contributed by atoms with Gasteiger partial charge in [-0.3, -0.25) is 0 Å². The first kappa shape index (κ1) is 15.1. The van der Waals surface area contributed by atoms with Gasteiger partial charge >= 0.3 is 0 Å². The van der Waals surface area contributed by atoms with Crippen LogP contribution in [0.4, 0.5) is 0 Å². The summed E-state index contributed by atoms with van der Waals surface area (Å²) in [6.07, 6.45) is 0.677. The highest BCUT2D eigenvalue weighted by atomic mass is 35.5. The zero-order valence-electron chi connectivity index (χ0n) is 12.4. The third-order valence-corrected chi connectivity index (χ3v) is 6.77. The summed E-state index contributed by atoms with van der Waals surface area (Å²) in [5.74, 6) is 0. The summed E-state index contributed by atoms with van der Waals surface area (Å²) < 4.78 is 33.2. The van der Waals surface area contributed by atoms with Gasteiger partial charge in [-0.25, -0.2) is 8.42 Å². The Kier molecular flexibility index (Phi) is 3.50. The molecule has 4 rings (SSSR count). The van der Waals surface area contributed by atoms with Crippen LogP contribution in [-0.4, -0.2) is 25.8 Å². The SMILES string of the molecule is O=S(=O)(c1ccc(Cl)cc1)N1CCC2(C1)OCc1ccccc12. The Bertz CT molecular complexity index is 850. The van der Waals surface area contributed by atoms with E-state index in [-0.39, 0.29) is 4.90 Å². The molecule has 0 bridgehead atoms. The van der Waals surface area contributed by atoms with Crippen LogP contribution in [0.15, 0.2) is 53.4 Å². The second kappa shape index (κ2) is 5.31. The van der Waals surface area contributed by atoms with E-state index in [0.717, 1.165) is 11.1 Å². The quantitative estimate of drug-likeness (QED) is 0.836. The predicted molar refractivity (Wildman–Crippen MR) is 87.7 cm³/mol. The molecule has 0 radical (unpaired) electrons. The topological polar surface area (TPSA) is 46.6 Å². The van der Waals surface area contributed by atoms with E-state index in [9.17, 15) is 8.42 Å². The molecule has 23 heavy (non-hydrogen) atoms. The molecule has 2 heterocycles. The Hall–Kier alpha value is -1.40. The lowest BCUT2D eigenvalue weighted by molar-refractivity contribution is -0.0255. The first-order valence-electron chi connectivity index (χ1n) is 7.49. The number of nitrogens with zero attached hydrogens (tertiary/aromatic N) is 1. The van der Waals surface area contributed by atoms with Crippen LogP contribution >= 0.6 is 11.6 Å². The number of ether oxygens (including phenoxy) is 1. The van der Waals surface area contributed by atoms with Crippen molar-refractivity contribution in [3.8, 4) is 0 Å². The highest BCUT2D eigenvalue weighted by molar-refractivity contribution is 7.89. The molecular weight excluding hydrogens is 334 g/mol. The maximum atomic E-state index is 12.8. The molecule has 2 aliphatic rings. The molecular formula is C17H16ClNO3S. The van der Waals surface area contributed by atoms with Crippen molar-refractivity contribution < 1.29 is 13.2 Å². The smallest absolute Gasteiger partial charge is 0.243 e. The summed E-state index contributed by atoms with van der Waals surface area (Å²) >= 11 is 5.85. The fraction of sp³-hybridized carbons (Fsp3) is 0.294. The van der Waals surface area contributed by atoms with Gasteiger partial charge in [-0.15, -0.1) is 0 Å². The molecule has 1 fully saturated rings. The van der Waals surface area contributed by atoms with Gasteiger partial charge in [0, 0.05) is 18.1 Å². The van der Waals surface area contributed by atoms with E-state index in [1.54, 1.807) is 24.3 Å². The van der Waals surface area contributed by atoms with E-state index in [4.69, 9.17) is 16.3 Å². The van der Waals surface area contributed by atoms with Crippen LogP contribution in [0.25, 0.3) is 0 Å². The van der Waals surface area contributed by atoms with E-state index in [2.05, 4.69) is 0 Å². The fourth-order valence-corrected chi connectivity index (χ4v) is 5.05. The molecule has 0 saturated carbocycles. The van der Waals surface area contributed by atoms with Crippen LogP contribution in [0.1, 0.15) is 17.5 Å². The van der Waals surface area contributed by atoms with E-state index < -0.39 is 15.6 Å². The molecule has 2 aliphatic heterocycles. The van der Waals surface area contributed by atoms with E-state index in [1.165, 1.54) is 4.31 Å². The van der Waals surface area contributed by atoms with Gasteiger partial charge in [0.15, 0.2) is 0 Å². The molecule has 2 aromatic rings. The molecule has 120 valence electrons. The fourth-order valence-electron chi connectivity index (χ4n) is 3.43. The maximum Gasteiger partial charge on any atom is 0.243 e. The average Bonchev–Trinajstić information content (AvgIpc) is 3.15.